The summed E-state index contributed by atoms with van der Waals surface area (Å²) in [5.74, 6) is 1.50. The van der Waals surface area contributed by atoms with Crippen LogP contribution in [0.1, 0.15) is 48.3 Å². The van der Waals surface area contributed by atoms with Gasteiger partial charge in [0.25, 0.3) is 5.91 Å². The molecule has 0 unspecified atom stereocenters. The SMILES string of the molecule is O=C1NC(=S)SC1=Cc1ccc(COc2ccc(C3CCCC3)cc2)cc1. The van der Waals surface area contributed by atoms with E-state index in [1.807, 2.05) is 30.3 Å². The van der Waals surface area contributed by atoms with Crippen LogP contribution < -0.4 is 10.1 Å². The molecule has 0 radical (unpaired) electrons. The number of carbonyl (C=O) groups excluding carboxylic acids is 1. The molecule has 138 valence electrons. The van der Waals surface area contributed by atoms with E-state index in [-0.39, 0.29) is 5.91 Å². The van der Waals surface area contributed by atoms with E-state index in [0.29, 0.717) is 15.8 Å². The second-order valence-corrected chi connectivity index (χ2v) is 8.65. The maximum atomic E-state index is 11.7. The number of rotatable bonds is 5. The molecular weight excluding hydrogens is 374 g/mol. The molecular formula is C22H21NO2S2. The number of carbonyl (C=O) groups is 1. The van der Waals surface area contributed by atoms with Crippen LogP contribution in [0.5, 0.6) is 5.75 Å². The molecule has 1 amide bonds. The standard InChI is InChI=1S/C22H21NO2S2/c24-21-20(27-22(26)23-21)13-15-5-7-16(8-6-15)14-25-19-11-9-18(10-12-19)17-3-1-2-4-17/h5-13,17H,1-4,14H2,(H,23,24,26). The van der Waals surface area contributed by atoms with Crippen molar-refractivity contribution in [3.05, 3.63) is 70.1 Å². The summed E-state index contributed by atoms with van der Waals surface area (Å²) in [5.41, 5.74) is 3.50. The molecule has 0 aromatic heterocycles. The van der Waals surface area contributed by atoms with Gasteiger partial charge in [0.05, 0.1) is 4.91 Å². The number of hydrogen-bond donors (Lipinski definition) is 1. The van der Waals surface area contributed by atoms with E-state index in [2.05, 4.69) is 29.6 Å². The van der Waals surface area contributed by atoms with Gasteiger partial charge in [0.15, 0.2) is 0 Å². The molecule has 4 rings (SSSR count). The van der Waals surface area contributed by atoms with Crippen molar-refractivity contribution in [1.82, 2.24) is 5.32 Å². The van der Waals surface area contributed by atoms with Crippen molar-refractivity contribution in [3.8, 4) is 5.75 Å². The van der Waals surface area contributed by atoms with Crippen LogP contribution in [0.25, 0.3) is 6.08 Å². The fraction of sp³-hybridized carbons (Fsp3) is 0.273. The minimum atomic E-state index is -0.126. The third-order valence-electron chi connectivity index (χ3n) is 5.03. The number of ether oxygens (including phenoxy) is 1. The highest BCUT2D eigenvalue weighted by molar-refractivity contribution is 8.26. The van der Waals surface area contributed by atoms with Crippen LogP contribution in [-0.2, 0) is 11.4 Å². The quantitative estimate of drug-likeness (QED) is 0.542. The number of thioether (sulfide) groups is 1. The first-order valence-corrected chi connectivity index (χ1v) is 10.5. The maximum Gasteiger partial charge on any atom is 0.263 e. The zero-order valence-electron chi connectivity index (χ0n) is 14.9. The molecule has 1 saturated carbocycles. The lowest BCUT2D eigenvalue weighted by atomic mass is 9.98. The Balaban J connectivity index is 1.34. The van der Waals surface area contributed by atoms with Gasteiger partial charge in [-0.25, -0.2) is 0 Å². The minimum absolute atomic E-state index is 0.126. The predicted molar refractivity (Wildman–Crippen MR) is 115 cm³/mol. The summed E-state index contributed by atoms with van der Waals surface area (Å²) in [7, 11) is 0. The number of benzene rings is 2. The van der Waals surface area contributed by atoms with Crippen molar-refractivity contribution in [2.24, 2.45) is 0 Å². The lowest BCUT2D eigenvalue weighted by molar-refractivity contribution is -0.115. The van der Waals surface area contributed by atoms with Crippen LogP contribution in [0.4, 0.5) is 0 Å². The zero-order chi connectivity index (χ0) is 18.6. The molecule has 2 aliphatic rings. The molecule has 2 aromatic carbocycles. The topological polar surface area (TPSA) is 38.3 Å². The van der Waals surface area contributed by atoms with Crippen LogP contribution in [0.15, 0.2) is 53.4 Å². The summed E-state index contributed by atoms with van der Waals surface area (Å²) in [5, 5.41) is 2.63. The monoisotopic (exact) mass is 395 g/mol. The highest BCUT2D eigenvalue weighted by atomic mass is 32.2. The maximum absolute atomic E-state index is 11.7. The van der Waals surface area contributed by atoms with Gasteiger partial charge in [-0.1, -0.05) is 73.2 Å². The lowest BCUT2D eigenvalue weighted by Gasteiger charge is -2.11. The van der Waals surface area contributed by atoms with Gasteiger partial charge in [-0.15, -0.1) is 0 Å². The molecule has 1 aliphatic heterocycles. The first-order chi connectivity index (χ1) is 13.2. The second kappa shape index (κ2) is 8.28. The van der Waals surface area contributed by atoms with Gasteiger partial charge in [-0.3, -0.25) is 4.79 Å². The summed E-state index contributed by atoms with van der Waals surface area (Å²) in [4.78, 5) is 12.3. The second-order valence-electron chi connectivity index (χ2n) is 6.93. The molecule has 0 spiro atoms. The fourth-order valence-corrected chi connectivity index (χ4v) is 4.59. The minimum Gasteiger partial charge on any atom is -0.489 e. The summed E-state index contributed by atoms with van der Waals surface area (Å²) < 4.78 is 6.42. The third kappa shape index (κ3) is 4.60. The molecule has 27 heavy (non-hydrogen) atoms. The Hall–Kier alpha value is -2.11. The van der Waals surface area contributed by atoms with E-state index >= 15 is 0 Å². The van der Waals surface area contributed by atoms with Gasteiger partial charge in [0.1, 0.15) is 16.7 Å². The number of nitrogens with one attached hydrogen (secondary N) is 1. The van der Waals surface area contributed by atoms with Crippen LogP contribution >= 0.6 is 24.0 Å². The zero-order valence-corrected chi connectivity index (χ0v) is 16.6. The Labute approximate surface area is 169 Å². The van der Waals surface area contributed by atoms with E-state index in [9.17, 15) is 4.79 Å². The Kier molecular flexibility index (Phi) is 5.60. The van der Waals surface area contributed by atoms with Gasteiger partial charge in [0, 0.05) is 0 Å². The van der Waals surface area contributed by atoms with Crippen molar-refractivity contribution >= 4 is 40.3 Å². The van der Waals surface area contributed by atoms with Gasteiger partial charge in [0.2, 0.25) is 0 Å². The third-order valence-corrected chi connectivity index (χ3v) is 6.19. The van der Waals surface area contributed by atoms with E-state index in [0.717, 1.165) is 22.8 Å². The molecule has 5 heteroatoms. The van der Waals surface area contributed by atoms with E-state index < -0.39 is 0 Å². The van der Waals surface area contributed by atoms with E-state index in [1.165, 1.54) is 43.0 Å². The summed E-state index contributed by atoms with van der Waals surface area (Å²) in [6.45, 7) is 0.527. The van der Waals surface area contributed by atoms with Gasteiger partial charge in [-0.2, -0.15) is 0 Å². The van der Waals surface area contributed by atoms with Crippen LogP contribution in [0.2, 0.25) is 0 Å². The average Bonchev–Trinajstić information content (AvgIpc) is 3.32. The van der Waals surface area contributed by atoms with Gasteiger partial charge >= 0.3 is 0 Å². The van der Waals surface area contributed by atoms with Crippen LogP contribution in [0, 0.1) is 0 Å². The van der Waals surface area contributed by atoms with Crippen molar-refractivity contribution < 1.29 is 9.53 Å². The fourth-order valence-electron chi connectivity index (χ4n) is 3.54. The molecule has 3 nitrogen and oxygen atoms in total. The highest BCUT2D eigenvalue weighted by Gasteiger charge is 2.21. The van der Waals surface area contributed by atoms with Crippen molar-refractivity contribution in [3.63, 3.8) is 0 Å². The van der Waals surface area contributed by atoms with Crippen LogP contribution in [0.3, 0.4) is 0 Å². The van der Waals surface area contributed by atoms with E-state index in [1.54, 1.807) is 0 Å². The van der Waals surface area contributed by atoms with Crippen molar-refractivity contribution in [2.75, 3.05) is 0 Å². The highest BCUT2D eigenvalue weighted by Crippen LogP contribution is 2.34. The molecule has 2 aromatic rings. The summed E-state index contributed by atoms with van der Waals surface area (Å²) in [6.07, 6.45) is 7.19. The Morgan fingerprint density at radius 3 is 2.41 bits per heavy atom. The first kappa shape index (κ1) is 18.3. The molecule has 1 saturated heterocycles. The van der Waals surface area contributed by atoms with Crippen molar-refractivity contribution in [2.45, 2.75) is 38.2 Å². The normalized spacial score (nSPS) is 18.9. The lowest BCUT2D eigenvalue weighted by Crippen LogP contribution is -2.17. The molecule has 1 heterocycles. The van der Waals surface area contributed by atoms with E-state index in [4.69, 9.17) is 17.0 Å². The predicted octanol–water partition coefficient (Wildman–Crippen LogP) is 5.41. The van der Waals surface area contributed by atoms with Gasteiger partial charge < -0.3 is 10.1 Å². The Bertz CT molecular complexity index is 866. The molecule has 1 N–H and O–H groups in total. The molecule has 1 aliphatic carbocycles. The average molecular weight is 396 g/mol. The summed E-state index contributed by atoms with van der Waals surface area (Å²) in [6, 6.07) is 16.6. The largest absolute Gasteiger partial charge is 0.489 e. The Morgan fingerprint density at radius 2 is 1.78 bits per heavy atom. The number of hydrogen-bond acceptors (Lipinski definition) is 4. The number of amides is 1. The van der Waals surface area contributed by atoms with Gasteiger partial charge in [-0.05, 0) is 53.7 Å². The number of thiocarbonyl (C=S) groups is 1. The molecule has 0 atom stereocenters. The first-order valence-electron chi connectivity index (χ1n) is 9.24. The molecule has 2 fully saturated rings. The summed E-state index contributed by atoms with van der Waals surface area (Å²) >= 11 is 6.30. The smallest absolute Gasteiger partial charge is 0.263 e. The molecule has 0 bridgehead atoms. The van der Waals surface area contributed by atoms with Crippen molar-refractivity contribution in [1.29, 1.82) is 0 Å². The van der Waals surface area contributed by atoms with Crippen LogP contribution in [-0.4, -0.2) is 10.2 Å². The Morgan fingerprint density at radius 1 is 1.07 bits per heavy atom.